The van der Waals surface area contributed by atoms with Gasteiger partial charge in [0, 0.05) is 62.0 Å². The van der Waals surface area contributed by atoms with E-state index in [9.17, 15) is 4.79 Å². The Morgan fingerprint density at radius 2 is 2.08 bits per heavy atom. The van der Waals surface area contributed by atoms with Crippen molar-refractivity contribution >= 4 is 11.7 Å². The van der Waals surface area contributed by atoms with Gasteiger partial charge in [-0.3, -0.25) is 9.78 Å². The summed E-state index contributed by atoms with van der Waals surface area (Å²) >= 11 is 0. The number of primary amides is 1. The zero-order valence-electron chi connectivity index (χ0n) is 14.5. The van der Waals surface area contributed by atoms with Gasteiger partial charge < -0.3 is 15.2 Å². The molecule has 4 rings (SSSR count). The minimum atomic E-state index is -0.491. The van der Waals surface area contributed by atoms with Crippen molar-refractivity contribution in [3.8, 4) is 11.4 Å². The third-order valence-corrected chi connectivity index (χ3v) is 4.41. The number of imidazole rings is 1. The van der Waals surface area contributed by atoms with Crippen LogP contribution < -0.4 is 10.6 Å². The van der Waals surface area contributed by atoms with E-state index >= 15 is 0 Å². The maximum Gasteiger partial charge on any atom is 0.268 e. The van der Waals surface area contributed by atoms with Gasteiger partial charge in [-0.1, -0.05) is 0 Å². The second-order valence-electron chi connectivity index (χ2n) is 6.27. The minimum Gasteiger partial charge on any atom is -0.364 e. The molecular weight excluding hydrogens is 330 g/mol. The molecule has 0 bridgehead atoms. The molecule has 0 saturated carbocycles. The summed E-state index contributed by atoms with van der Waals surface area (Å²) in [5.74, 6) is 1.94. The molecule has 0 spiro atoms. The van der Waals surface area contributed by atoms with Crippen LogP contribution in [0.4, 0.5) is 5.82 Å². The van der Waals surface area contributed by atoms with Crippen molar-refractivity contribution in [2.75, 3.05) is 18.0 Å². The van der Waals surface area contributed by atoms with Crippen molar-refractivity contribution in [1.82, 2.24) is 24.5 Å². The highest BCUT2D eigenvalue weighted by atomic mass is 16.1. The van der Waals surface area contributed by atoms with E-state index in [1.807, 2.05) is 29.7 Å². The van der Waals surface area contributed by atoms with Gasteiger partial charge in [0.15, 0.2) is 5.82 Å². The first-order valence-electron chi connectivity index (χ1n) is 8.47. The first kappa shape index (κ1) is 16.2. The van der Waals surface area contributed by atoms with Crippen LogP contribution in [-0.2, 0) is 13.0 Å². The molecule has 0 unspecified atom stereocenters. The third-order valence-electron chi connectivity index (χ3n) is 4.41. The lowest BCUT2D eigenvalue weighted by molar-refractivity contribution is 0.0996. The Morgan fingerprint density at radius 3 is 2.85 bits per heavy atom. The maximum absolute atomic E-state index is 11.3. The summed E-state index contributed by atoms with van der Waals surface area (Å²) in [7, 11) is 0. The highest BCUT2D eigenvalue weighted by Crippen LogP contribution is 2.21. The highest BCUT2D eigenvalue weighted by Gasteiger charge is 2.19. The topological polar surface area (TPSA) is 103 Å². The second kappa shape index (κ2) is 6.55. The molecule has 8 nitrogen and oxygen atoms in total. The van der Waals surface area contributed by atoms with Gasteiger partial charge in [0.05, 0.1) is 0 Å². The van der Waals surface area contributed by atoms with Crippen LogP contribution in [0.15, 0.2) is 36.8 Å². The molecule has 1 aliphatic heterocycles. The standard InChI is InChI=1S/C18H19N7O/c1-12-9-16(23-18(21-12)13-3-2-5-20-10-13)24-6-4-15-22-14(17(19)26)11-25(15)8-7-24/h2-3,5,9-11H,4,6-8H2,1H3,(H2,19,26). The fourth-order valence-corrected chi connectivity index (χ4v) is 3.11. The molecule has 3 aromatic rings. The molecule has 8 heteroatoms. The number of nitrogens with two attached hydrogens (primary N) is 1. The number of aryl methyl sites for hydroxylation is 1. The number of hydrogen-bond acceptors (Lipinski definition) is 6. The van der Waals surface area contributed by atoms with E-state index in [0.29, 0.717) is 11.5 Å². The van der Waals surface area contributed by atoms with E-state index in [1.165, 1.54) is 0 Å². The molecule has 132 valence electrons. The summed E-state index contributed by atoms with van der Waals surface area (Å²) in [6.45, 7) is 4.22. The molecule has 0 atom stereocenters. The van der Waals surface area contributed by atoms with Crippen LogP contribution in [0.3, 0.4) is 0 Å². The normalized spacial score (nSPS) is 14.0. The van der Waals surface area contributed by atoms with E-state index in [2.05, 4.69) is 19.9 Å². The molecule has 2 N–H and O–H groups in total. The fraction of sp³-hybridized carbons (Fsp3) is 0.278. The number of carbonyl (C=O) groups is 1. The van der Waals surface area contributed by atoms with Gasteiger partial charge in [0.1, 0.15) is 17.3 Å². The molecule has 1 aliphatic rings. The van der Waals surface area contributed by atoms with Crippen molar-refractivity contribution in [2.45, 2.75) is 19.9 Å². The Morgan fingerprint density at radius 1 is 1.19 bits per heavy atom. The first-order chi connectivity index (χ1) is 12.6. The first-order valence-corrected chi connectivity index (χ1v) is 8.47. The lowest BCUT2D eigenvalue weighted by Crippen LogP contribution is -2.28. The van der Waals surface area contributed by atoms with Crippen LogP contribution in [0.5, 0.6) is 0 Å². The summed E-state index contributed by atoms with van der Waals surface area (Å²) in [6.07, 6.45) is 5.95. The number of pyridine rings is 1. The second-order valence-corrected chi connectivity index (χ2v) is 6.27. The minimum absolute atomic E-state index is 0.324. The SMILES string of the molecule is Cc1cc(N2CCc3nc(C(N)=O)cn3CC2)nc(-c2cccnc2)n1. The van der Waals surface area contributed by atoms with Gasteiger partial charge in [0.2, 0.25) is 0 Å². The monoisotopic (exact) mass is 349 g/mol. The number of amides is 1. The van der Waals surface area contributed by atoms with E-state index in [4.69, 9.17) is 10.7 Å². The maximum atomic E-state index is 11.3. The van der Waals surface area contributed by atoms with Crippen LogP contribution in [-0.4, -0.2) is 43.5 Å². The van der Waals surface area contributed by atoms with Crippen LogP contribution in [0.25, 0.3) is 11.4 Å². The highest BCUT2D eigenvalue weighted by molar-refractivity contribution is 5.90. The molecule has 0 fully saturated rings. The molecule has 26 heavy (non-hydrogen) atoms. The Kier molecular flexibility index (Phi) is 4.08. The van der Waals surface area contributed by atoms with Gasteiger partial charge in [-0.2, -0.15) is 0 Å². The van der Waals surface area contributed by atoms with Gasteiger partial charge in [-0.25, -0.2) is 15.0 Å². The molecule has 1 amide bonds. The van der Waals surface area contributed by atoms with Crippen LogP contribution in [0.2, 0.25) is 0 Å². The Hall–Kier alpha value is -3.29. The van der Waals surface area contributed by atoms with Crippen molar-refractivity contribution in [2.24, 2.45) is 5.73 Å². The predicted molar refractivity (Wildman–Crippen MR) is 96.7 cm³/mol. The molecular formula is C18H19N7O. The van der Waals surface area contributed by atoms with Gasteiger partial charge >= 0.3 is 0 Å². The number of nitrogens with zero attached hydrogens (tertiary/aromatic N) is 6. The van der Waals surface area contributed by atoms with E-state index in [1.54, 1.807) is 18.6 Å². The average molecular weight is 349 g/mol. The van der Waals surface area contributed by atoms with Crippen LogP contribution in [0, 0.1) is 6.92 Å². The van der Waals surface area contributed by atoms with Crippen LogP contribution >= 0.6 is 0 Å². The zero-order chi connectivity index (χ0) is 18.1. The van der Waals surface area contributed by atoms with Gasteiger partial charge in [0.25, 0.3) is 5.91 Å². The Bertz CT molecular complexity index is 926. The Labute approximate surface area is 150 Å². The van der Waals surface area contributed by atoms with Crippen molar-refractivity contribution < 1.29 is 4.79 Å². The van der Waals surface area contributed by atoms with Crippen LogP contribution in [0.1, 0.15) is 22.0 Å². The molecule has 0 aromatic carbocycles. The fourth-order valence-electron chi connectivity index (χ4n) is 3.11. The molecule has 4 heterocycles. The molecule has 0 aliphatic carbocycles. The van der Waals surface area contributed by atoms with Gasteiger partial charge in [-0.15, -0.1) is 0 Å². The summed E-state index contributed by atoms with van der Waals surface area (Å²) < 4.78 is 2.00. The number of aromatic nitrogens is 5. The number of carbonyl (C=O) groups excluding carboxylic acids is 1. The molecule has 0 radical (unpaired) electrons. The van der Waals surface area contributed by atoms with E-state index < -0.39 is 5.91 Å². The number of anilines is 1. The largest absolute Gasteiger partial charge is 0.364 e. The number of fused-ring (bicyclic) bond motifs is 1. The summed E-state index contributed by atoms with van der Waals surface area (Å²) in [5.41, 5.74) is 7.45. The van der Waals surface area contributed by atoms with Gasteiger partial charge in [-0.05, 0) is 19.1 Å². The quantitative estimate of drug-likeness (QED) is 0.762. The number of hydrogen-bond donors (Lipinski definition) is 1. The molecule has 0 saturated heterocycles. The molecule has 3 aromatic heterocycles. The summed E-state index contributed by atoms with van der Waals surface area (Å²) in [4.78, 5) is 31.3. The summed E-state index contributed by atoms with van der Waals surface area (Å²) in [6, 6.07) is 5.82. The smallest absolute Gasteiger partial charge is 0.268 e. The summed E-state index contributed by atoms with van der Waals surface area (Å²) in [5, 5.41) is 0. The van der Waals surface area contributed by atoms with Crippen molar-refractivity contribution in [3.63, 3.8) is 0 Å². The van der Waals surface area contributed by atoms with E-state index in [0.717, 1.165) is 49.0 Å². The average Bonchev–Trinajstić information content (AvgIpc) is 2.95. The third kappa shape index (κ3) is 3.13. The van der Waals surface area contributed by atoms with Crippen molar-refractivity contribution in [3.05, 3.63) is 54.0 Å². The van der Waals surface area contributed by atoms with E-state index in [-0.39, 0.29) is 0 Å². The number of rotatable bonds is 3. The lowest BCUT2D eigenvalue weighted by Gasteiger charge is -2.22. The zero-order valence-corrected chi connectivity index (χ0v) is 14.5. The van der Waals surface area contributed by atoms with Crippen molar-refractivity contribution in [1.29, 1.82) is 0 Å². The Balaban J connectivity index is 1.60. The predicted octanol–water partition coefficient (Wildman–Crippen LogP) is 1.21. The lowest BCUT2D eigenvalue weighted by atomic mass is 10.2.